The molecule has 2 aromatic carbocycles. The summed E-state index contributed by atoms with van der Waals surface area (Å²) in [6.07, 6.45) is 0. The molecule has 0 unspecified atom stereocenters. The van der Waals surface area contributed by atoms with Gasteiger partial charge >= 0.3 is 0 Å². The summed E-state index contributed by atoms with van der Waals surface area (Å²) in [5, 5.41) is 11.0. The number of halogens is 2. The smallest absolute Gasteiger partial charge is 0.276 e. The number of carbonyl (C=O) groups is 2. The minimum absolute atomic E-state index is 0.0936. The molecule has 0 spiro atoms. The van der Waals surface area contributed by atoms with Crippen LogP contribution in [0.1, 0.15) is 10.4 Å². The summed E-state index contributed by atoms with van der Waals surface area (Å²) in [6, 6.07) is 9.52. The predicted octanol–water partition coefficient (Wildman–Crippen LogP) is 2.74. The maximum atomic E-state index is 11.9. The van der Waals surface area contributed by atoms with Crippen LogP contribution in [0, 0.1) is 10.1 Å². The third-order valence-electron chi connectivity index (χ3n) is 2.91. The Morgan fingerprint density at radius 1 is 1.08 bits per heavy atom. The third kappa shape index (κ3) is 5.33. The number of ether oxygens (including phenoxy) is 1. The van der Waals surface area contributed by atoms with E-state index in [0.29, 0.717) is 5.02 Å². The number of hydrogen-bond acceptors (Lipinski definition) is 5. The van der Waals surface area contributed by atoms with E-state index in [9.17, 15) is 19.7 Å². The van der Waals surface area contributed by atoms with Crippen LogP contribution in [-0.4, -0.2) is 23.3 Å². The van der Waals surface area contributed by atoms with Gasteiger partial charge < -0.3 is 4.74 Å². The number of nitrogens with zero attached hydrogens (tertiary/aromatic N) is 1. The van der Waals surface area contributed by atoms with Gasteiger partial charge in [-0.25, -0.2) is 0 Å². The van der Waals surface area contributed by atoms with Crippen LogP contribution in [0.25, 0.3) is 0 Å². The number of nitro groups is 1. The summed E-state index contributed by atoms with van der Waals surface area (Å²) in [4.78, 5) is 33.5. The van der Waals surface area contributed by atoms with Crippen LogP contribution in [-0.2, 0) is 4.79 Å². The van der Waals surface area contributed by atoms with E-state index in [0.717, 1.165) is 0 Å². The van der Waals surface area contributed by atoms with E-state index in [4.69, 9.17) is 27.9 Å². The van der Waals surface area contributed by atoms with E-state index >= 15 is 0 Å². The molecular weight excluding hydrogens is 373 g/mol. The molecule has 0 radical (unpaired) electrons. The number of carbonyl (C=O) groups excluding carboxylic acids is 2. The zero-order chi connectivity index (χ0) is 18.4. The minimum Gasteiger partial charge on any atom is -0.484 e. The number of non-ortho nitro benzene ring substituents is 1. The monoisotopic (exact) mass is 383 g/mol. The molecule has 0 saturated carbocycles. The number of hydrogen-bond donors (Lipinski definition) is 2. The second-order valence-electron chi connectivity index (χ2n) is 4.67. The second kappa shape index (κ2) is 8.32. The van der Waals surface area contributed by atoms with Crippen molar-refractivity contribution < 1.29 is 19.2 Å². The lowest BCUT2D eigenvalue weighted by Crippen LogP contribution is -2.43. The van der Waals surface area contributed by atoms with Crippen molar-refractivity contribution in [3.63, 3.8) is 0 Å². The molecule has 0 saturated heterocycles. The Kier molecular flexibility index (Phi) is 6.15. The SMILES string of the molecule is O=C(COc1ccc([N+](=O)[O-])cc1)NNC(=O)c1ccc(Cl)cc1Cl. The molecule has 0 aliphatic rings. The highest BCUT2D eigenvalue weighted by atomic mass is 35.5. The zero-order valence-corrected chi connectivity index (χ0v) is 14.0. The molecule has 0 bridgehead atoms. The van der Waals surface area contributed by atoms with Crippen LogP contribution in [0.3, 0.4) is 0 Å². The average molecular weight is 384 g/mol. The Bertz CT molecular complexity index is 811. The third-order valence-corrected chi connectivity index (χ3v) is 3.46. The number of nitro benzene ring substituents is 1. The van der Waals surface area contributed by atoms with Gasteiger partial charge in [-0.05, 0) is 30.3 Å². The maximum absolute atomic E-state index is 11.9. The van der Waals surface area contributed by atoms with Gasteiger partial charge in [0.25, 0.3) is 17.5 Å². The Morgan fingerprint density at radius 3 is 2.36 bits per heavy atom. The van der Waals surface area contributed by atoms with Crippen molar-refractivity contribution in [2.24, 2.45) is 0 Å². The van der Waals surface area contributed by atoms with Crippen molar-refractivity contribution in [2.75, 3.05) is 6.61 Å². The predicted molar refractivity (Wildman–Crippen MR) is 90.7 cm³/mol. The molecule has 2 N–H and O–H groups in total. The van der Waals surface area contributed by atoms with E-state index in [2.05, 4.69) is 10.9 Å². The highest BCUT2D eigenvalue weighted by Gasteiger charge is 2.12. The largest absolute Gasteiger partial charge is 0.484 e. The summed E-state index contributed by atoms with van der Waals surface area (Å²) in [5.74, 6) is -0.977. The van der Waals surface area contributed by atoms with Gasteiger partial charge in [0.2, 0.25) is 0 Å². The molecule has 0 atom stereocenters. The van der Waals surface area contributed by atoms with Crippen LogP contribution in [0.15, 0.2) is 42.5 Å². The Labute approximate surface area is 151 Å². The van der Waals surface area contributed by atoms with Crippen molar-refractivity contribution in [3.05, 3.63) is 68.2 Å². The number of nitrogens with one attached hydrogen (secondary N) is 2. The zero-order valence-electron chi connectivity index (χ0n) is 12.5. The Balaban J connectivity index is 1.82. The fourth-order valence-corrected chi connectivity index (χ4v) is 2.21. The molecule has 25 heavy (non-hydrogen) atoms. The van der Waals surface area contributed by atoms with Gasteiger partial charge in [-0.2, -0.15) is 0 Å². The Hall–Kier alpha value is -2.84. The molecule has 0 heterocycles. The van der Waals surface area contributed by atoms with Gasteiger partial charge in [-0.3, -0.25) is 30.6 Å². The first kappa shape index (κ1) is 18.5. The van der Waals surface area contributed by atoms with Crippen LogP contribution in [0.2, 0.25) is 10.0 Å². The van der Waals surface area contributed by atoms with Crippen molar-refractivity contribution >= 4 is 40.7 Å². The van der Waals surface area contributed by atoms with Gasteiger partial charge in [-0.1, -0.05) is 23.2 Å². The lowest BCUT2D eigenvalue weighted by atomic mass is 10.2. The molecule has 0 aromatic heterocycles. The molecule has 10 heteroatoms. The second-order valence-corrected chi connectivity index (χ2v) is 5.51. The Morgan fingerprint density at radius 2 is 1.76 bits per heavy atom. The van der Waals surface area contributed by atoms with E-state index < -0.39 is 23.3 Å². The average Bonchev–Trinajstić information content (AvgIpc) is 2.58. The van der Waals surface area contributed by atoms with Crippen LogP contribution >= 0.6 is 23.2 Å². The van der Waals surface area contributed by atoms with Gasteiger partial charge in [0.05, 0.1) is 15.5 Å². The highest BCUT2D eigenvalue weighted by Crippen LogP contribution is 2.20. The van der Waals surface area contributed by atoms with Gasteiger partial charge in [0, 0.05) is 17.2 Å². The minimum atomic E-state index is -0.628. The fraction of sp³-hybridized carbons (Fsp3) is 0.0667. The highest BCUT2D eigenvalue weighted by molar-refractivity contribution is 6.36. The van der Waals surface area contributed by atoms with E-state index in [1.807, 2.05) is 0 Å². The molecule has 130 valence electrons. The summed E-state index contributed by atoms with van der Waals surface area (Å²) >= 11 is 11.6. The maximum Gasteiger partial charge on any atom is 0.276 e. The number of rotatable bonds is 5. The summed E-state index contributed by atoms with van der Waals surface area (Å²) in [6.45, 7) is -0.396. The molecular formula is C15H11Cl2N3O5. The van der Waals surface area contributed by atoms with E-state index in [1.165, 1.54) is 42.5 Å². The summed E-state index contributed by atoms with van der Waals surface area (Å²) < 4.78 is 5.15. The van der Waals surface area contributed by atoms with Crippen molar-refractivity contribution in [1.29, 1.82) is 0 Å². The molecule has 0 aliphatic carbocycles. The standard InChI is InChI=1S/C15H11Cl2N3O5/c16-9-1-6-12(13(17)7-9)15(22)19-18-14(21)8-25-11-4-2-10(3-5-11)20(23)24/h1-7H,8H2,(H,18,21)(H,19,22). The van der Waals surface area contributed by atoms with Gasteiger partial charge in [0.1, 0.15) is 5.75 Å². The topological polar surface area (TPSA) is 111 Å². The van der Waals surface area contributed by atoms with Gasteiger partial charge in [0.15, 0.2) is 6.61 Å². The van der Waals surface area contributed by atoms with Crippen molar-refractivity contribution in [2.45, 2.75) is 0 Å². The molecule has 2 rings (SSSR count). The molecule has 8 nitrogen and oxygen atoms in total. The number of benzene rings is 2. The first-order chi connectivity index (χ1) is 11.9. The van der Waals surface area contributed by atoms with Crippen LogP contribution < -0.4 is 15.6 Å². The van der Waals surface area contributed by atoms with E-state index in [-0.39, 0.29) is 22.0 Å². The van der Waals surface area contributed by atoms with Crippen LogP contribution in [0.4, 0.5) is 5.69 Å². The number of amides is 2. The molecule has 2 aromatic rings. The fourth-order valence-electron chi connectivity index (χ4n) is 1.72. The van der Waals surface area contributed by atoms with E-state index in [1.54, 1.807) is 0 Å². The lowest BCUT2D eigenvalue weighted by molar-refractivity contribution is -0.384. The summed E-state index contributed by atoms with van der Waals surface area (Å²) in [7, 11) is 0. The first-order valence-electron chi connectivity index (χ1n) is 6.78. The lowest BCUT2D eigenvalue weighted by Gasteiger charge is -2.09. The van der Waals surface area contributed by atoms with Crippen molar-refractivity contribution in [1.82, 2.24) is 10.9 Å². The molecule has 0 fully saturated rings. The molecule has 0 aliphatic heterocycles. The van der Waals surface area contributed by atoms with Gasteiger partial charge in [-0.15, -0.1) is 0 Å². The number of hydrazine groups is 1. The van der Waals surface area contributed by atoms with Crippen LogP contribution in [0.5, 0.6) is 5.75 Å². The molecule has 2 amide bonds. The normalized spacial score (nSPS) is 10.0. The first-order valence-corrected chi connectivity index (χ1v) is 7.54. The quantitative estimate of drug-likeness (QED) is 0.608. The summed E-state index contributed by atoms with van der Waals surface area (Å²) in [5.41, 5.74) is 4.39. The van der Waals surface area contributed by atoms with Crippen molar-refractivity contribution in [3.8, 4) is 5.75 Å².